The van der Waals surface area contributed by atoms with Gasteiger partial charge in [-0.2, -0.15) is 0 Å². The first-order chi connectivity index (χ1) is 7.20. The second-order valence-corrected chi connectivity index (χ2v) is 3.50. The molecule has 0 spiro atoms. The maximum absolute atomic E-state index is 11.2. The zero-order chi connectivity index (χ0) is 10.8. The van der Waals surface area contributed by atoms with Crippen LogP contribution in [0.5, 0.6) is 0 Å². The molecule has 0 unspecified atom stereocenters. The number of hydrogen-bond donors (Lipinski definition) is 1. The van der Waals surface area contributed by atoms with E-state index in [9.17, 15) is 4.79 Å². The number of rotatable bonds is 3. The van der Waals surface area contributed by atoms with Gasteiger partial charge < -0.3 is 9.52 Å². The van der Waals surface area contributed by atoms with E-state index in [2.05, 4.69) is 0 Å². The highest BCUT2D eigenvalue weighted by atomic mass is 16.3. The zero-order valence-corrected chi connectivity index (χ0v) is 8.49. The van der Waals surface area contributed by atoms with Crippen LogP contribution in [-0.4, -0.2) is 17.5 Å². The van der Waals surface area contributed by atoms with Crippen LogP contribution in [0, 0.1) is 0 Å². The summed E-state index contributed by atoms with van der Waals surface area (Å²) in [6.45, 7) is 1.61. The lowest BCUT2D eigenvalue weighted by Gasteiger charge is -1.93. The van der Waals surface area contributed by atoms with Crippen molar-refractivity contribution in [3.8, 4) is 0 Å². The number of hydrogen-bond acceptors (Lipinski definition) is 3. The molecule has 0 aliphatic carbocycles. The molecule has 0 atom stereocenters. The van der Waals surface area contributed by atoms with E-state index in [0.29, 0.717) is 12.0 Å². The van der Waals surface area contributed by atoms with Crippen LogP contribution in [0.2, 0.25) is 0 Å². The lowest BCUT2D eigenvalue weighted by molar-refractivity contribution is 0.101. The standard InChI is InChI=1S/C12H12O3/c1-8(14)9-2-3-12-10(6-9)7-11(15-12)4-5-13/h2-3,6-7,13H,4-5H2,1H3. The van der Waals surface area contributed by atoms with E-state index < -0.39 is 0 Å². The summed E-state index contributed by atoms with van der Waals surface area (Å²) >= 11 is 0. The lowest BCUT2D eigenvalue weighted by atomic mass is 10.1. The highest BCUT2D eigenvalue weighted by molar-refractivity contribution is 5.97. The van der Waals surface area contributed by atoms with Crippen LogP contribution in [0.25, 0.3) is 11.0 Å². The number of aliphatic hydroxyl groups excluding tert-OH is 1. The molecule has 2 rings (SSSR count). The van der Waals surface area contributed by atoms with Crippen LogP contribution in [0.15, 0.2) is 28.7 Å². The fraction of sp³-hybridized carbons (Fsp3) is 0.250. The lowest BCUT2D eigenvalue weighted by Crippen LogP contribution is -1.89. The van der Waals surface area contributed by atoms with Gasteiger partial charge in [0.2, 0.25) is 0 Å². The van der Waals surface area contributed by atoms with Crippen LogP contribution in [0.1, 0.15) is 23.0 Å². The van der Waals surface area contributed by atoms with E-state index >= 15 is 0 Å². The van der Waals surface area contributed by atoms with E-state index in [4.69, 9.17) is 9.52 Å². The van der Waals surface area contributed by atoms with Crippen molar-refractivity contribution in [3.63, 3.8) is 0 Å². The summed E-state index contributed by atoms with van der Waals surface area (Å²) < 4.78 is 5.47. The Morgan fingerprint density at radius 2 is 2.20 bits per heavy atom. The molecule has 1 heterocycles. The first-order valence-corrected chi connectivity index (χ1v) is 4.85. The molecule has 0 aliphatic rings. The highest BCUT2D eigenvalue weighted by Crippen LogP contribution is 2.21. The molecule has 0 saturated carbocycles. The Balaban J connectivity index is 2.47. The molecule has 0 saturated heterocycles. The number of carbonyl (C=O) groups excluding carboxylic acids is 1. The molecule has 0 radical (unpaired) electrons. The molecule has 1 aromatic carbocycles. The maximum Gasteiger partial charge on any atom is 0.159 e. The average Bonchev–Trinajstić information content (AvgIpc) is 2.59. The largest absolute Gasteiger partial charge is 0.461 e. The Kier molecular flexibility index (Phi) is 2.56. The van der Waals surface area contributed by atoms with Crippen molar-refractivity contribution in [2.45, 2.75) is 13.3 Å². The Morgan fingerprint density at radius 1 is 1.40 bits per heavy atom. The molecule has 15 heavy (non-hydrogen) atoms. The number of fused-ring (bicyclic) bond motifs is 1. The molecular weight excluding hydrogens is 192 g/mol. The third-order valence-electron chi connectivity index (χ3n) is 2.33. The third-order valence-corrected chi connectivity index (χ3v) is 2.33. The number of carbonyl (C=O) groups is 1. The topological polar surface area (TPSA) is 50.4 Å². The molecule has 0 amide bonds. The van der Waals surface area contributed by atoms with Gasteiger partial charge in [-0.25, -0.2) is 0 Å². The maximum atomic E-state index is 11.2. The summed E-state index contributed by atoms with van der Waals surface area (Å²) in [6, 6.07) is 7.20. The monoisotopic (exact) mass is 204 g/mol. The van der Waals surface area contributed by atoms with E-state index in [-0.39, 0.29) is 12.4 Å². The van der Waals surface area contributed by atoms with Crippen LogP contribution in [0.4, 0.5) is 0 Å². The number of aliphatic hydroxyl groups is 1. The van der Waals surface area contributed by atoms with Crippen LogP contribution in [0.3, 0.4) is 0 Å². The normalized spacial score (nSPS) is 10.8. The minimum Gasteiger partial charge on any atom is -0.461 e. The van der Waals surface area contributed by atoms with Crippen molar-refractivity contribution in [2.24, 2.45) is 0 Å². The fourth-order valence-electron chi connectivity index (χ4n) is 1.55. The Hall–Kier alpha value is -1.61. The average molecular weight is 204 g/mol. The van der Waals surface area contributed by atoms with Gasteiger partial charge in [0.25, 0.3) is 0 Å². The minimum absolute atomic E-state index is 0.0433. The first-order valence-electron chi connectivity index (χ1n) is 4.85. The molecular formula is C12H12O3. The third kappa shape index (κ3) is 1.92. The van der Waals surface area contributed by atoms with Gasteiger partial charge in [-0.15, -0.1) is 0 Å². The van der Waals surface area contributed by atoms with Gasteiger partial charge in [-0.1, -0.05) is 0 Å². The summed E-state index contributed by atoms with van der Waals surface area (Å²) in [4.78, 5) is 11.2. The van der Waals surface area contributed by atoms with Crippen molar-refractivity contribution in [1.29, 1.82) is 0 Å². The molecule has 1 aromatic heterocycles. The van der Waals surface area contributed by atoms with E-state index in [1.54, 1.807) is 12.1 Å². The molecule has 3 heteroatoms. The van der Waals surface area contributed by atoms with Gasteiger partial charge in [0.1, 0.15) is 11.3 Å². The van der Waals surface area contributed by atoms with Crippen molar-refractivity contribution in [3.05, 3.63) is 35.6 Å². The van der Waals surface area contributed by atoms with E-state index in [0.717, 1.165) is 16.7 Å². The predicted octanol–water partition coefficient (Wildman–Crippen LogP) is 2.17. The zero-order valence-electron chi connectivity index (χ0n) is 8.49. The Labute approximate surface area is 87.3 Å². The number of Topliss-reactive ketones (excluding diaryl/α,β-unsaturated/α-hetero) is 1. The van der Waals surface area contributed by atoms with Crippen molar-refractivity contribution < 1.29 is 14.3 Å². The van der Waals surface area contributed by atoms with Crippen LogP contribution >= 0.6 is 0 Å². The van der Waals surface area contributed by atoms with E-state index in [1.807, 2.05) is 12.1 Å². The second kappa shape index (κ2) is 3.87. The highest BCUT2D eigenvalue weighted by Gasteiger charge is 2.05. The molecule has 0 fully saturated rings. The summed E-state index contributed by atoms with van der Waals surface area (Å²) in [5.74, 6) is 0.787. The number of benzene rings is 1. The molecule has 2 aromatic rings. The first kappa shape index (κ1) is 9.93. The van der Waals surface area contributed by atoms with Gasteiger partial charge in [0.15, 0.2) is 5.78 Å². The minimum atomic E-state index is 0.0433. The molecule has 0 bridgehead atoms. The number of furan rings is 1. The summed E-state index contributed by atoms with van der Waals surface area (Å²) in [5, 5.41) is 9.68. The van der Waals surface area contributed by atoms with Gasteiger partial charge >= 0.3 is 0 Å². The van der Waals surface area contributed by atoms with Gasteiger partial charge in [-0.3, -0.25) is 4.79 Å². The molecule has 1 N–H and O–H groups in total. The van der Waals surface area contributed by atoms with Crippen molar-refractivity contribution >= 4 is 16.8 Å². The quantitative estimate of drug-likeness (QED) is 0.779. The van der Waals surface area contributed by atoms with E-state index in [1.165, 1.54) is 6.92 Å². The predicted molar refractivity (Wildman–Crippen MR) is 57.0 cm³/mol. The van der Waals surface area contributed by atoms with Crippen molar-refractivity contribution in [1.82, 2.24) is 0 Å². The van der Waals surface area contributed by atoms with Crippen molar-refractivity contribution in [2.75, 3.05) is 6.61 Å². The van der Waals surface area contributed by atoms with Crippen LogP contribution in [-0.2, 0) is 6.42 Å². The van der Waals surface area contributed by atoms with Gasteiger partial charge in [0.05, 0.1) is 6.61 Å². The van der Waals surface area contributed by atoms with Gasteiger partial charge in [0, 0.05) is 17.4 Å². The molecule has 3 nitrogen and oxygen atoms in total. The Bertz CT molecular complexity index is 497. The summed E-state index contributed by atoms with van der Waals surface area (Å²) in [7, 11) is 0. The smallest absolute Gasteiger partial charge is 0.159 e. The summed E-state index contributed by atoms with van der Waals surface area (Å²) in [5.41, 5.74) is 1.43. The molecule has 78 valence electrons. The van der Waals surface area contributed by atoms with Crippen LogP contribution < -0.4 is 0 Å². The number of ketones is 1. The second-order valence-electron chi connectivity index (χ2n) is 3.50. The van der Waals surface area contributed by atoms with Gasteiger partial charge in [-0.05, 0) is 31.2 Å². The fourth-order valence-corrected chi connectivity index (χ4v) is 1.55. The SMILES string of the molecule is CC(=O)c1ccc2oc(CCO)cc2c1. The summed E-state index contributed by atoms with van der Waals surface area (Å²) in [6.07, 6.45) is 0.504. The Morgan fingerprint density at radius 3 is 2.87 bits per heavy atom. The molecule has 0 aliphatic heterocycles.